The molecule has 1 fully saturated rings. The van der Waals surface area contributed by atoms with Crippen LogP contribution in [0.1, 0.15) is 54.4 Å². The quantitative estimate of drug-likeness (QED) is 0.651. The summed E-state index contributed by atoms with van der Waals surface area (Å²) in [6.45, 7) is 14.7. The molecule has 4 atom stereocenters. The third-order valence-electron chi connectivity index (χ3n) is 4.52. The van der Waals surface area contributed by atoms with E-state index in [0.717, 1.165) is 19.4 Å². The van der Waals surface area contributed by atoms with Gasteiger partial charge in [-0.2, -0.15) is 0 Å². The second-order valence-electron chi connectivity index (χ2n) is 7.39. The smallest absolute Gasteiger partial charge is 0.0897 e. The van der Waals surface area contributed by atoms with Crippen LogP contribution in [-0.2, 0) is 9.47 Å². The van der Waals surface area contributed by atoms with E-state index in [-0.39, 0.29) is 11.5 Å². The zero-order valence-electron chi connectivity index (χ0n) is 14.7. The zero-order chi connectivity index (χ0) is 16.0. The fourth-order valence-corrected chi connectivity index (χ4v) is 3.06. The van der Waals surface area contributed by atoms with E-state index in [1.165, 1.54) is 0 Å². The van der Waals surface area contributed by atoms with Gasteiger partial charge in [0.2, 0.25) is 0 Å². The van der Waals surface area contributed by atoms with Crippen molar-refractivity contribution in [1.82, 2.24) is 5.32 Å². The van der Waals surface area contributed by atoms with Crippen LogP contribution in [0.2, 0.25) is 0 Å². The molecule has 126 valence electrons. The van der Waals surface area contributed by atoms with Crippen molar-refractivity contribution < 1.29 is 14.6 Å². The van der Waals surface area contributed by atoms with E-state index in [1.807, 2.05) is 6.92 Å². The summed E-state index contributed by atoms with van der Waals surface area (Å²) >= 11 is 0. The predicted octanol–water partition coefficient (Wildman–Crippen LogP) is 2.59. The van der Waals surface area contributed by atoms with E-state index in [2.05, 4.69) is 39.9 Å². The van der Waals surface area contributed by atoms with Gasteiger partial charge in [0.25, 0.3) is 0 Å². The van der Waals surface area contributed by atoms with Crippen LogP contribution in [0.5, 0.6) is 0 Å². The number of hydrogen-bond acceptors (Lipinski definition) is 4. The van der Waals surface area contributed by atoms with Gasteiger partial charge < -0.3 is 19.9 Å². The fourth-order valence-electron chi connectivity index (χ4n) is 3.06. The van der Waals surface area contributed by atoms with Gasteiger partial charge in [-0.3, -0.25) is 0 Å². The minimum atomic E-state index is -0.443. The molecule has 0 amide bonds. The largest absolute Gasteiger partial charge is 0.389 e. The first-order chi connectivity index (χ1) is 9.77. The maximum atomic E-state index is 10.0. The summed E-state index contributed by atoms with van der Waals surface area (Å²) in [4.78, 5) is 0. The van der Waals surface area contributed by atoms with Crippen molar-refractivity contribution in [3.8, 4) is 0 Å². The molecule has 0 aromatic rings. The first kappa shape index (κ1) is 18.9. The van der Waals surface area contributed by atoms with Crippen molar-refractivity contribution in [2.24, 2.45) is 11.3 Å². The molecule has 4 heteroatoms. The summed E-state index contributed by atoms with van der Waals surface area (Å²) < 4.78 is 11.4. The molecule has 1 aliphatic carbocycles. The van der Waals surface area contributed by atoms with Crippen LogP contribution in [-0.4, -0.2) is 49.2 Å². The molecule has 0 aromatic carbocycles. The van der Waals surface area contributed by atoms with Crippen LogP contribution < -0.4 is 5.32 Å². The monoisotopic (exact) mass is 301 g/mol. The molecule has 0 aliphatic heterocycles. The maximum Gasteiger partial charge on any atom is 0.0897 e. The average Bonchev–Trinajstić information content (AvgIpc) is 2.38. The first-order valence-electron chi connectivity index (χ1n) is 8.42. The van der Waals surface area contributed by atoms with Crippen LogP contribution >= 0.6 is 0 Å². The van der Waals surface area contributed by atoms with Crippen molar-refractivity contribution in [1.29, 1.82) is 0 Å². The number of ether oxygens (including phenoxy) is 2. The second-order valence-corrected chi connectivity index (χ2v) is 7.39. The Labute approximate surface area is 130 Å². The molecule has 0 spiro atoms. The topological polar surface area (TPSA) is 50.7 Å². The molecule has 0 radical (unpaired) electrons. The number of aliphatic hydroxyl groups is 1. The molecule has 0 aromatic heterocycles. The Bertz CT molecular complexity index is 294. The van der Waals surface area contributed by atoms with E-state index < -0.39 is 6.10 Å². The van der Waals surface area contributed by atoms with Crippen LogP contribution in [0.25, 0.3) is 0 Å². The molecule has 2 N–H and O–H groups in total. The van der Waals surface area contributed by atoms with Gasteiger partial charge in [-0.1, -0.05) is 27.7 Å². The van der Waals surface area contributed by atoms with Gasteiger partial charge >= 0.3 is 0 Å². The minimum Gasteiger partial charge on any atom is -0.389 e. The van der Waals surface area contributed by atoms with Crippen LogP contribution in [0.3, 0.4) is 0 Å². The van der Waals surface area contributed by atoms with Crippen molar-refractivity contribution in [2.75, 3.05) is 19.8 Å². The third-order valence-corrected chi connectivity index (χ3v) is 4.52. The molecule has 0 bridgehead atoms. The summed E-state index contributed by atoms with van der Waals surface area (Å²) in [7, 11) is 0. The Morgan fingerprint density at radius 2 is 1.95 bits per heavy atom. The molecule has 4 unspecified atom stereocenters. The lowest BCUT2D eigenvalue weighted by Gasteiger charge is -2.52. The van der Waals surface area contributed by atoms with E-state index in [4.69, 9.17) is 9.47 Å². The van der Waals surface area contributed by atoms with Gasteiger partial charge in [0.1, 0.15) is 0 Å². The second kappa shape index (κ2) is 8.47. The van der Waals surface area contributed by atoms with Crippen LogP contribution in [0.15, 0.2) is 0 Å². The molecule has 21 heavy (non-hydrogen) atoms. The summed E-state index contributed by atoms with van der Waals surface area (Å²) in [5.74, 6) is 0.626. The SMILES string of the molecule is CCOC1CC(NCC(O)COC(C)CC(C)C)C1(C)C. The molecule has 1 rings (SSSR count). The van der Waals surface area contributed by atoms with E-state index >= 15 is 0 Å². The van der Waals surface area contributed by atoms with Gasteiger partial charge in [-0.05, 0) is 32.6 Å². The summed E-state index contributed by atoms with van der Waals surface area (Å²) in [6, 6.07) is 0.414. The third kappa shape index (κ3) is 5.85. The number of nitrogens with one attached hydrogen (secondary N) is 1. The fraction of sp³-hybridized carbons (Fsp3) is 1.00. The molecule has 0 saturated heterocycles. The zero-order valence-corrected chi connectivity index (χ0v) is 14.7. The number of aliphatic hydroxyl groups excluding tert-OH is 1. The van der Waals surface area contributed by atoms with Crippen LogP contribution in [0.4, 0.5) is 0 Å². The maximum absolute atomic E-state index is 10.0. The molecule has 1 saturated carbocycles. The Morgan fingerprint density at radius 3 is 2.48 bits per heavy atom. The predicted molar refractivity (Wildman–Crippen MR) is 86.5 cm³/mol. The van der Waals surface area contributed by atoms with E-state index in [0.29, 0.717) is 31.2 Å². The number of rotatable bonds is 10. The van der Waals surface area contributed by atoms with Gasteiger partial charge in [-0.25, -0.2) is 0 Å². The van der Waals surface area contributed by atoms with Gasteiger partial charge in [0, 0.05) is 24.6 Å². The van der Waals surface area contributed by atoms with Crippen LogP contribution in [0, 0.1) is 11.3 Å². The van der Waals surface area contributed by atoms with Gasteiger partial charge in [0.15, 0.2) is 0 Å². The van der Waals surface area contributed by atoms with E-state index in [9.17, 15) is 5.11 Å². The highest BCUT2D eigenvalue weighted by atomic mass is 16.5. The lowest BCUT2D eigenvalue weighted by molar-refractivity contribution is -0.116. The molecular formula is C17H35NO3. The number of hydrogen-bond donors (Lipinski definition) is 2. The minimum absolute atomic E-state index is 0.140. The Hall–Kier alpha value is -0.160. The van der Waals surface area contributed by atoms with Crippen molar-refractivity contribution in [3.63, 3.8) is 0 Å². The molecule has 0 heterocycles. The van der Waals surface area contributed by atoms with Gasteiger partial charge in [-0.15, -0.1) is 0 Å². The molecule has 1 aliphatic rings. The van der Waals surface area contributed by atoms with E-state index in [1.54, 1.807) is 0 Å². The average molecular weight is 301 g/mol. The summed E-state index contributed by atoms with van der Waals surface area (Å²) in [5, 5.41) is 13.5. The van der Waals surface area contributed by atoms with Gasteiger partial charge in [0.05, 0.1) is 24.9 Å². The first-order valence-corrected chi connectivity index (χ1v) is 8.42. The Balaban J connectivity index is 2.18. The van der Waals surface area contributed by atoms with Crippen molar-refractivity contribution >= 4 is 0 Å². The highest BCUT2D eigenvalue weighted by Crippen LogP contribution is 2.42. The Morgan fingerprint density at radius 1 is 1.29 bits per heavy atom. The normalized spacial score (nSPS) is 27.4. The van der Waals surface area contributed by atoms with Crippen molar-refractivity contribution in [3.05, 3.63) is 0 Å². The standard InChI is InChI=1S/C17H35NO3/c1-7-20-16-9-15(17(16,5)6)18-10-14(19)11-21-13(4)8-12(2)3/h12-16,18-19H,7-11H2,1-6H3. The summed E-state index contributed by atoms with van der Waals surface area (Å²) in [6.07, 6.45) is 2.16. The van der Waals surface area contributed by atoms with Crippen molar-refractivity contribution in [2.45, 2.75) is 78.7 Å². The molecule has 4 nitrogen and oxygen atoms in total. The molecular weight excluding hydrogens is 266 g/mol. The highest BCUT2D eigenvalue weighted by molar-refractivity contribution is 5.02. The Kier molecular flexibility index (Phi) is 7.62. The lowest BCUT2D eigenvalue weighted by Crippen LogP contribution is -2.61. The lowest BCUT2D eigenvalue weighted by atomic mass is 9.64. The highest BCUT2D eigenvalue weighted by Gasteiger charge is 2.48. The summed E-state index contributed by atoms with van der Waals surface area (Å²) in [5.41, 5.74) is 0.140.